The molecular formula is C13H19BrN2O2. The Morgan fingerprint density at radius 3 is 2.50 bits per heavy atom. The van der Waals surface area contributed by atoms with Crippen LogP contribution in [0.1, 0.15) is 36.8 Å². The van der Waals surface area contributed by atoms with Gasteiger partial charge in [0.25, 0.3) is 5.91 Å². The van der Waals surface area contributed by atoms with Gasteiger partial charge in [-0.25, -0.2) is 4.98 Å². The first-order chi connectivity index (χ1) is 8.32. The second-order valence-corrected chi connectivity index (χ2v) is 5.44. The van der Waals surface area contributed by atoms with Gasteiger partial charge in [-0.05, 0) is 55.8 Å². The quantitative estimate of drug-likeness (QED) is 0.868. The number of rotatable bonds is 4. The van der Waals surface area contributed by atoms with Gasteiger partial charge in [-0.15, -0.1) is 0 Å². The number of aryl methyl sites for hydroxylation is 1. The molecule has 1 atom stereocenters. The van der Waals surface area contributed by atoms with E-state index in [1.807, 2.05) is 20.8 Å². The van der Waals surface area contributed by atoms with Gasteiger partial charge >= 0.3 is 0 Å². The number of carbonyl (C=O) groups is 1. The molecule has 100 valence electrons. The van der Waals surface area contributed by atoms with Crippen LogP contribution in [-0.4, -0.2) is 39.6 Å². The normalized spacial score (nSPS) is 12.6. The van der Waals surface area contributed by atoms with Crippen LogP contribution < -0.4 is 0 Å². The SMILES string of the molecule is Cc1ccc(C(=O)N(CC(C)O)C(C)C)c(Br)n1. The lowest BCUT2D eigenvalue weighted by atomic mass is 10.2. The minimum Gasteiger partial charge on any atom is -0.392 e. The predicted molar refractivity (Wildman–Crippen MR) is 74.5 cm³/mol. The summed E-state index contributed by atoms with van der Waals surface area (Å²) in [5, 5.41) is 9.46. The number of carbonyl (C=O) groups excluding carboxylic acids is 1. The number of halogens is 1. The van der Waals surface area contributed by atoms with E-state index in [0.29, 0.717) is 16.7 Å². The highest BCUT2D eigenvalue weighted by atomic mass is 79.9. The average molecular weight is 315 g/mol. The van der Waals surface area contributed by atoms with Crippen molar-refractivity contribution < 1.29 is 9.90 Å². The maximum atomic E-state index is 12.4. The van der Waals surface area contributed by atoms with Crippen LogP contribution in [0.25, 0.3) is 0 Å². The summed E-state index contributed by atoms with van der Waals surface area (Å²) in [5.74, 6) is -0.120. The molecule has 1 N–H and O–H groups in total. The number of hydrogen-bond acceptors (Lipinski definition) is 3. The van der Waals surface area contributed by atoms with Crippen LogP contribution in [-0.2, 0) is 0 Å². The van der Waals surface area contributed by atoms with E-state index in [2.05, 4.69) is 20.9 Å². The Labute approximate surface area is 116 Å². The van der Waals surface area contributed by atoms with Gasteiger partial charge in [0.15, 0.2) is 0 Å². The first-order valence-corrected chi connectivity index (χ1v) is 6.74. The largest absolute Gasteiger partial charge is 0.392 e. The number of aromatic nitrogens is 1. The van der Waals surface area contributed by atoms with E-state index in [1.54, 1.807) is 24.0 Å². The predicted octanol–water partition coefficient (Wildman–Crippen LogP) is 2.38. The number of amides is 1. The maximum absolute atomic E-state index is 12.4. The lowest BCUT2D eigenvalue weighted by molar-refractivity contribution is 0.0577. The van der Waals surface area contributed by atoms with Gasteiger partial charge in [0.2, 0.25) is 0 Å². The molecule has 5 heteroatoms. The lowest BCUT2D eigenvalue weighted by Crippen LogP contribution is -2.41. The van der Waals surface area contributed by atoms with E-state index in [0.717, 1.165) is 5.69 Å². The van der Waals surface area contributed by atoms with Crippen LogP contribution >= 0.6 is 15.9 Å². The van der Waals surface area contributed by atoms with Crippen molar-refractivity contribution in [2.24, 2.45) is 0 Å². The lowest BCUT2D eigenvalue weighted by Gasteiger charge is -2.28. The Hall–Kier alpha value is -0.940. The van der Waals surface area contributed by atoms with Gasteiger partial charge in [-0.3, -0.25) is 4.79 Å². The smallest absolute Gasteiger partial charge is 0.256 e. The van der Waals surface area contributed by atoms with Crippen LogP contribution in [0.2, 0.25) is 0 Å². The van der Waals surface area contributed by atoms with Gasteiger partial charge in [0.1, 0.15) is 4.60 Å². The van der Waals surface area contributed by atoms with Crippen LogP contribution in [0.3, 0.4) is 0 Å². The van der Waals surface area contributed by atoms with E-state index in [1.165, 1.54) is 0 Å². The minimum absolute atomic E-state index is 0.0281. The fourth-order valence-corrected chi connectivity index (χ4v) is 2.23. The molecule has 0 radical (unpaired) electrons. The monoisotopic (exact) mass is 314 g/mol. The van der Waals surface area contributed by atoms with Gasteiger partial charge in [-0.2, -0.15) is 0 Å². The third kappa shape index (κ3) is 3.78. The molecule has 0 aliphatic carbocycles. The second kappa shape index (κ2) is 6.29. The van der Waals surface area contributed by atoms with Gasteiger partial charge in [-0.1, -0.05) is 0 Å². The molecule has 1 heterocycles. The van der Waals surface area contributed by atoms with Crippen LogP contribution in [0.5, 0.6) is 0 Å². The molecule has 0 aliphatic heterocycles. The third-order valence-corrected chi connectivity index (χ3v) is 3.17. The number of pyridine rings is 1. The Morgan fingerprint density at radius 2 is 2.06 bits per heavy atom. The van der Waals surface area contributed by atoms with Crippen LogP contribution in [0, 0.1) is 6.92 Å². The first-order valence-electron chi connectivity index (χ1n) is 5.95. The van der Waals surface area contributed by atoms with E-state index >= 15 is 0 Å². The highest BCUT2D eigenvalue weighted by Crippen LogP contribution is 2.18. The van der Waals surface area contributed by atoms with Gasteiger partial charge in [0, 0.05) is 18.3 Å². The van der Waals surface area contributed by atoms with Crippen molar-refractivity contribution in [1.82, 2.24) is 9.88 Å². The van der Waals surface area contributed by atoms with Crippen molar-refractivity contribution >= 4 is 21.8 Å². The van der Waals surface area contributed by atoms with Crippen molar-refractivity contribution in [3.05, 3.63) is 28.0 Å². The first kappa shape index (κ1) is 15.1. The molecule has 0 spiro atoms. The Balaban J connectivity index is 3.02. The average Bonchev–Trinajstić information content (AvgIpc) is 2.24. The highest BCUT2D eigenvalue weighted by Gasteiger charge is 2.22. The Morgan fingerprint density at radius 1 is 1.44 bits per heavy atom. The minimum atomic E-state index is -0.548. The summed E-state index contributed by atoms with van der Waals surface area (Å²) < 4.78 is 0.545. The standard InChI is InChI=1S/C13H19BrN2O2/c1-8(2)16(7-10(4)17)13(18)11-6-5-9(3)15-12(11)14/h5-6,8,10,17H,7H2,1-4H3. The molecule has 0 aliphatic rings. The summed E-state index contributed by atoms with van der Waals surface area (Å²) in [6.07, 6.45) is -0.548. The molecule has 1 amide bonds. The van der Waals surface area contributed by atoms with Gasteiger partial charge < -0.3 is 10.0 Å². The molecule has 0 saturated heterocycles. The summed E-state index contributed by atoms with van der Waals surface area (Å²) >= 11 is 3.31. The van der Waals surface area contributed by atoms with Crippen molar-refractivity contribution in [2.75, 3.05) is 6.54 Å². The molecular weight excluding hydrogens is 296 g/mol. The molecule has 1 unspecified atom stereocenters. The number of aliphatic hydroxyl groups excluding tert-OH is 1. The molecule has 18 heavy (non-hydrogen) atoms. The van der Waals surface area contributed by atoms with E-state index in [-0.39, 0.29) is 11.9 Å². The molecule has 1 rings (SSSR count). The molecule has 0 fully saturated rings. The number of aliphatic hydroxyl groups is 1. The Kier molecular flexibility index (Phi) is 5.28. The van der Waals surface area contributed by atoms with E-state index < -0.39 is 6.10 Å². The summed E-state index contributed by atoms with van der Waals surface area (Å²) in [5.41, 5.74) is 1.37. The zero-order valence-electron chi connectivity index (χ0n) is 11.1. The van der Waals surface area contributed by atoms with E-state index in [9.17, 15) is 9.90 Å². The molecule has 0 saturated carbocycles. The van der Waals surface area contributed by atoms with Crippen LogP contribution in [0.4, 0.5) is 0 Å². The number of hydrogen-bond donors (Lipinski definition) is 1. The fraction of sp³-hybridized carbons (Fsp3) is 0.538. The highest BCUT2D eigenvalue weighted by molar-refractivity contribution is 9.10. The summed E-state index contributed by atoms with van der Waals surface area (Å²) in [4.78, 5) is 18.3. The maximum Gasteiger partial charge on any atom is 0.256 e. The Bertz CT molecular complexity index is 433. The molecule has 1 aromatic heterocycles. The summed E-state index contributed by atoms with van der Waals surface area (Å²) in [6.45, 7) is 7.71. The van der Waals surface area contributed by atoms with Crippen molar-refractivity contribution in [3.63, 3.8) is 0 Å². The van der Waals surface area contributed by atoms with Crippen LogP contribution in [0.15, 0.2) is 16.7 Å². The summed E-state index contributed by atoms with van der Waals surface area (Å²) in [7, 11) is 0. The van der Waals surface area contributed by atoms with Crippen molar-refractivity contribution in [3.8, 4) is 0 Å². The second-order valence-electron chi connectivity index (χ2n) is 4.69. The zero-order valence-corrected chi connectivity index (χ0v) is 12.7. The molecule has 4 nitrogen and oxygen atoms in total. The molecule has 1 aromatic rings. The van der Waals surface area contributed by atoms with Crippen molar-refractivity contribution in [2.45, 2.75) is 39.8 Å². The fourth-order valence-electron chi connectivity index (χ4n) is 1.65. The third-order valence-electron chi connectivity index (χ3n) is 2.56. The van der Waals surface area contributed by atoms with Gasteiger partial charge in [0.05, 0.1) is 11.7 Å². The summed E-state index contributed by atoms with van der Waals surface area (Å²) in [6, 6.07) is 3.59. The zero-order chi connectivity index (χ0) is 13.9. The van der Waals surface area contributed by atoms with Crippen molar-refractivity contribution in [1.29, 1.82) is 0 Å². The number of nitrogens with zero attached hydrogens (tertiary/aromatic N) is 2. The topological polar surface area (TPSA) is 53.4 Å². The molecule has 0 aromatic carbocycles. The molecule has 0 bridgehead atoms. The van der Waals surface area contributed by atoms with E-state index in [4.69, 9.17) is 0 Å².